The fourth-order valence-corrected chi connectivity index (χ4v) is 2.98. The van der Waals surface area contributed by atoms with Gasteiger partial charge in [-0.05, 0) is 25.0 Å². The lowest BCUT2D eigenvalue weighted by Gasteiger charge is -2.35. The van der Waals surface area contributed by atoms with Crippen molar-refractivity contribution in [2.45, 2.75) is 18.9 Å². The van der Waals surface area contributed by atoms with Crippen molar-refractivity contribution in [3.05, 3.63) is 29.0 Å². The average molecular weight is 280 g/mol. The number of halogens is 1. The van der Waals surface area contributed by atoms with Crippen LogP contribution in [0, 0.1) is 5.92 Å². The van der Waals surface area contributed by atoms with E-state index < -0.39 is 0 Å². The first-order valence-corrected chi connectivity index (χ1v) is 6.75. The van der Waals surface area contributed by atoms with E-state index in [1.54, 1.807) is 17.0 Å². The zero-order valence-electron chi connectivity index (χ0n) is 10.3. The van der Waals surface area contributed by atoms with Gasteiger partial charge in [0.05, 0.1) is 17.5 Å². The fourth-order valence-electron chi connectivity index (χ4n) is 2.87. The molecule has 1 aromatic heterocycles. The van der Waals surface area contributed by atoms with E-state index in [2.05, 4.69) is 10.3 Å². The Hall–Kier alpha value is -1.62. The Labute approximate surface area is 115 Å². The summed E-state index contributed by atoms with van der Waals surface area (Å²) < 4.78 is 0. The lowest BCUT2D eigenvalue weighted by Crippen LogP contribution is -2.48. The summed E-state index contributed by atoms with van der Waals surface area (Å²) in [6.07, 6.45) is 3.21. The molecule has 100 valence electrons. The Balaban J connectivity index is 1.83. The maximum atomic E-state index is 12.5. The number of nitrogens with one attached hydrogen (secondary N) is 1. The van der Waals surface area contributed by atoms with Gasteiger partial charge in [0.1, 0.15) is 5.15 Å². The van der Waals surface area contributed by atoms with Crippen LogP contribution < -0.4 is 5.32 Å². The predicted octanol–water partition coefficient (Wildman–Crippen LogP) is 1.09. The minimum atomic E-state index is -0.0737. The topological polar surface area (TPSA) is 62.3 Å². The highest BCUT2D eigenvalue weighted by Gasteiger charge is 2.42. The molecule has 0 aliphatic carbocycles. The van der Waals surface area contributed by atoms with E-state index in [0.29, 0.717) is 23.8 Å². The molecule has 1 aromatic rings. The predicted molar refractivity (Wildman–Crippen MR) is 69.8 cm³/mol. The van der Waals surface area contributed by atoms with E-state index in [4.69, 9.17) is 11.6 Å². The number of likely N-dealkylation sites (tertiary alicyclic amines) is 1. The molecule has 0 aromatic carbocycles. The summed E-state index contributed by atoms with van der Waals surface area (Å²) >= 11 is 5.72. The molecule has 1 N–H and O–H groups in total. The maximum Gasteiger partial charge on any atom is 0.255 e. The normalized spacial score (nSPS) is 25.9. The van der Waals surface area contributed by atoms with Gasteiger partial charge in [0.15, 0.2) is 0 Å². The molecular weight excluding hydrogens is 266 g/mol. The van der Waals surface area contributed by atoms with Gasteiger partial charge >= 0.3 is 0 Å². The first-order valence-electron chi connectivity index (χ1n) is 6.37. The van der Waals surface area contributed by atoms with Crippen LogP contribution in [0.5, 0.6) is 0 Å². The largest absolute Gasteiger partial charge is 0.354 e. The zero-order chi connectivity index (χ0) is 13.4. The summed E-state index contributed by atoms with van der Waals surface area (Å²) in [7, 11) is 0. The van der Waals surface area contributed by atoms with Crippen molar-refractivity contribution in [2.75, 3.05) is 13.1 Å². The number of rotatable bonds is 1. The van der Waals surface area contributed by atoms with E-state index in [1.807, 2.05) is 0 Å². The molecule has 2 atom stereocenters. The maximum absolute atomic E-state index is 12.5. The SMILES string of the molecule is O=C1NCC2C1CCCN2C(=O)c1ccc(Cl)nc1. The lowest BCUT2D eigenvalue weighted by molar-refractivity contribution is -0.123. The summed E-state index contributed by atoms with van der Waals surface area (Å²) in [5.41, 5.74) is 0.518. The number of nitrogens with zero attached hydrogens (tertiary/aromatic N) is 2. The highest BCUT2D eigenvalue weighted by atomic mass is 35.5. The first-order chi connectivity index (χ1) is 9.16. The second-order valence-electron chi connectivity index (χ2n) is 4.93. The molecule has 0 radical (unpaired) electrons. The van der Waals surface area contributed by atoms with Crippen molar-refractivity contribution in [1.82, 2.24) is 15.2 Å². The van der Waals surface area contributed by atoms with E-state index in [0.717, 1.165) is 12.8 Å². The number of amides is 2. The highest BCUT2D eigenvalue weighted by Crippen LogP contribution is 2.28. The summed E-state index contributed by atoms with van der Waals surface area (Å²) in [4.78, 5) is 29.9. The number of hydrogen-bond donors (Lipinski definition) is 1. The number of piperidine rings is 1. The van der Waals surface area contributed by atoms with Gasteiger partial charge in [-0.15, -0.1) is 0 Å². The summed E-state index contributed by atoms with van der Waals surface area (Å²) in [6, 6.07) is 3.25. The van der Waals surface area contributed by atoms with Crippen LogP contribution in [-0.2, 0) is 4.79 Å². The minimum Gasteiger partial charge on any atom is -0.354 e. The Morgan fingerprint density at radius 3 is 3.05 bits per heavy atom. The summed E-state index contributed by atoms with van der Waals surface area (Å²) in [5.74, 6) is -0.0648. The molecule has 2 aliphatic rings. The molecular formula is C13H14ClN3O2. The zero-order valence-corrected chi connectivity index (χ0v) is 11.1. The van der Waals surface area contributed by atoms with Gasteiger partial charge < -0.3 is 10.2 Å². The van der Waals surface area contributed by atoms with Gasteiger partial charge in [0.2, 0.25) is 5.91 Å². The van der Waals surface area contributed by atoms with Crippen LogP contribution in [0.15, 0.2) is 18.3 Å². The minimum absolute atomic E-state index is 0.0237. The van der Waals surface area contributed by atoms with E-state index in [9.17, 15) is 9.59 Å². The third-order valence-corrected chi connectivity index (χ3v) is 4.06. The molecule has 0 bridgehead atoms. The Morgan fingerprint density at radius 2 is 2.32 bits per heavy atom. The first kappa shape index (κ1) is 12.4. The molecule has 2 amide bonds. The average Bonchev–Trinajstić information content (AvgIpc) is 2.81. The molecule has 3 heterocycles. The molecule has 3 rings (SSSR count). The Bertz CT molecular complexity index is 517. The van der Waals surface area contributed by atoms with Crippen LogP contribution in [0.2, 0.25) is 5.15 Å². The molecule has 6 heteroatoms. The van der Waals surface area contributed by atoms with Crippen LogP contribution in [-0.4, -0.2) is 40.8 Å². The monoisotopic (exact) mass is 279 g/mol. The third-order valence-electron chi connectivity index (χ3n) is 3.84. The molecule has 2 fully saturated rings. The molecule has 2 unspecified atom stereocenters. The van der Waals surface area contributed by atoms with E-state index in [-0.39, 0.29) is 23.8 Å². The van der Waals surface area contributed by atoms with Gasteiger partial charge in [-0.3, -0.25) is 9.59 Å². The molecule has 19 heavy (non-hydrogen) atoms. The Morgan fingerprint density at radius 1 is 1.47 bits per heavy atom. The van der Waals surface area contributed by atoms with Crippen LogP contribution in [0.25, 0.3) is 0 Å². The van der Waals surface area contributed by atoms with Crippen LogP contribution in [0.4, 0.5) is 0 Å². The van der Waals surface area contributed by atoms with Gasteiger partial charge in [-0.2, -0.15) is 0 Å². The molecule has 0 spiro atoms. The second kappa shape index (κ2) is 4.81. The van der Waals surface area contributed by atoms with Crippen LogP contribution in [0.1, 0.15) is 23.2 Å². The summed E-state index contributed by atoms with van der Waals surface area (Å²) in [6.45, 7) is 1.24. The molecule has 2 aliphatic heterocycles. The standard InChI is InChI=1S/C13H14ClN3O2/c14-11-4-3-8(6-15-11)13(19)17-5-1-2-9-10(17)7-16-12(9)18/h3-4,6,9-10H,1-2,5,7H2,(H,16,18). The number of fused-ring (bicyclic) bond motifs is 1. The Kier molecular flexibility index (Phi) is 3.14. The lowest BCUT2D eigenvalue weighted by atomic mass is 9.91. The quantitative estimate of drug-likeness (QED) is 0.783. The van der Waals surface area contributed by atoms with Crippen molar-refractivity contribution in [3.8, 4) is 0 Å². The number of hydrogen-bond acceptors (Lipinski definition) is 3. The molecule has 5 nitrogen and oxygen atoms in total. The molecule has 2 saturated heterocycles. The van der Waals surface area contributed by atoms with Crippen molar-refractivity contribution in [1.29, 1.82) is 0 Å². The molecule has 0 saturated carbocycles. The van der Waals surface area contributed by atoms with Crippen LogP contribution in [0.3, 0.4) is 0 Å². The second-order valence-corrected chi connectivity index (χ2v) is 5.32. The van der Waals surface area contributed by atoms with Crippen molar-refractivity contribution >= 4 is 23.4 Å². The van der Waals surface area contributed by atoms with Crippen molar-refractivity contribution in [2.24, 2.45) is 5.92 Å². The van der Waals surface area contributed by atoms with Gasteiger partial charge in [0.25, 0.3) is 5.91 Å². The van der Waals surface area contributed by atoms with E-state index >= 15 is 0 Å². The number of carbonyl (C=O) groups excluding carboxylic acids is 2. The highest BCUT2D eigenvalue weighted by molar-refractivity contribution is 6.29. The van der Waals surface area contributed by atoms with Crippen molar-refractivity contribution in [3.63, 3.8) is 0 Å². The number of pyridine rings is 1. The smallest absolute Gasteiger partial charge is 0.255 e. The van der Waals surface area contributed by atoms with Crippen molar-refractivity contribution < 1.29 is 9.59 Å². The van der Waals surface area contributed by atoms with E-state index in [1.165, 1.54) is 6.20 Å². The number of aromatic nitrogens is 1. The number of carbonyl (C=O) groups is 2. The third kappa shape index (κ3) is 2.18. The van der Waals surface area contributed by atoms with Gasteiger partial charge in [-0.1, -0.05) is 11.6 Å². The fraction of sp³-hybridized carbons (Fsp3) is 0.462. The van der Waals surface area contributed by atoms with Gasteiger partial charge in [-0.25, -0.2) is 4.98 Å². The summed E-state index contributed by atoms with van der Waals surface area (Å²) in [5, 5.41) is 3.20. The van der Waals surface area contributed by atoms with Crippen LogP contribution >= 0.6 is 11.6 Å². The van der Waals surface area contributed by atoms with Gasteiger partial charge in [0, 0.05) is 19.3 Å².